The number of rotatable bonds is 5. The molecule has 1 aromatic rings. The van der Waals surface area contributed by atoms with Crippen LogP contribution >= 0.6 is 0 Å². The Hall–Kier alpha value is -1.51. The van der Waals surface area contributed by atoms with Gasteiger partial charge in [-0.05, 0) is 36.0 Å². The van der Waals surface area contributed by atoms with E-state index < -0.39 is 0 Å². The minimum Gasteiger partial charge on any atom is -0.496 e. The van der Waals surface area contributed by atoms with E-state index >= 15 is 0 Å². The average molecular weight is 247 g/mol. The van der Waals surface area contributed by atoms with Crippen LogP contribution < -0.4 is 10.1 Å². The molecule has 98 valence electrons. The predicted molar refractivity (Wildman–Crippen MR) is 72.0 cm³/mol. The van der Waals surface area contributed by atoms with Crippen LogP contribution in [0.1, 0.15) is 43.7 Å². The molecule has 0 aliphatic heterocycles. The minimum absolute atomic E-state index is 0.123. The molecule has 0 spiro atoms. The number of carbonyl (C=O) groups excluding carboxylic acids is 1. The van der Waals surface area contributed by atoms with Crippen molar-refractivity contribution in [3.05, 3.63) is 29.3 Å². The first-order valence-corrected chi connectivity index (χ1v) is 6.56. The van der Waals surface area contributed by atoms with Gasteiger partial charge in [-0.25, -0.2) is 0 Å². The second-order valence-electron chi connectivity index (χ2n) is 5.25. The summed E-state index contributed by atoms with van der Waals surface area (Å²) in [6.45, 7) is 4.26. The number of amides is 1. The zero-order valence-corrected chi connectivity index (χ0v) is 11.3. The van der Waals surface area contributed by atoms with Gasteiger partial charge in [-0.2, -0.15) is 0 Å². The van der Waals surface area contributed by atoms with Gasteiger partial charge in [0.15, 0.2) is 0 Å². The Kier molecular flexibility index (Phi) is 3.90. The van der Waals surface area contributed by atoms with Crippen molar-refractivity contribution in [1.82, 2.24) is 5.32 Å². The van der Waals surface area contributed by atoms with Gasteiger partial charge in [0.25, 0.3) is 0 Å². The molecule has 3 nitrogen and oxygen atoms in total. The predicted octanol–water partition coefficient (Wildman–Crippen LogP) is 2.64. The summed E-state index contributed by atoms with van der Waals surface area (Å²) >= 11 is 0. The van der Waals surface area contributed by atoms with Gasteiger partial charge in [0.05, 0.1) is 13.5 Å². The molecular weight excluding hydrogens is 226 g/mol. The van der Waals surface area contributed by atoms with Crippen molar-refractivity contribution in [2.24, 2.45) is 0 Å². The van der Waals surface area contributed by atoms with Crippen LogP contribution in [0.3, 0.4) is 0 Å². The molecule has 1 fully saturated rings. The molecule has 18 heavy (non-hydrogen) atoms. The standard InChI is InChI=1S/C15H21NO2/c1-10(2)13-8-11(4-7-14(13)18-3)9-15(17)16-12-5-6-12/h4,7-8,10,12H,5-6,9H2,1-3H3,(H,16,17). The number of hydrogen-bond donors (Lipinski definition) is 1. The van der Waals surface area contributed by atoms with Crippen LogP contribution in [0.2, 0.25) is 0 Å². The summed E-state index contributed by atoms with van der Waals surface area (Å²) < 4.78 is 5.34. The number of hydrogen-bond acceptors (Lipinski definition) is 2. The van der Waals surface area contributed by atoms with E-state index in [1.54, 1.807) is 7.11 Å². The summed E-state index contributed by atoms with van der Waals surface area (Å²) in [4.78, 5) is 11.8. The number of ether oxygens (including phenoxy) is 1. The molecule has 1 aromatic carbocycles. The Balaban J connectivity index is 2.07. The van der Waals surface area contributed by atoms with E-state index in [4.69, 9.17) is 4.74 Å². The van der Waals surface area contributed by atoms with Gasteiger partial charge >= 0.3 is 0 Å². The maximum atomic E-state index is 11.8. The fourth-order valence-corrected chi connectivity index (χ4v) is 2.04. The van der Waals surface area contributed by atoms with Gasteiger partial charge in [0, 0.05) is 6.04 Å². The van der Waals surface area contributed by atoms with Gasteiger partial charge in [0.2, 0.25) is 5.91 Å². The molecule has 0 atom stereocenters. The van der Waals surface area contributed by atoms with E-state index in [0.717, 1.165) is 29.7 Å². The Morgan fingerprint density at radius 3 is 2.72 bits per heavy atom. The summed E-state index contributed by atoms with van der Waals surface area (Å²) in [6.07, 6.45) is 2.72. The van der Waals surface area contributed by atoms with Crippen LogP contribution in [-0.2, 0) is 11.2 Å². The smallest absolute Gasteiger partial charge is 0.224 e. The van der Waals surface area contributed by atoms with Gasteiger partial charge in [-0.1, -0.05) is 26.0 Å². The average Bonchev–Trinajstić information content (AvgIpc) is 3.12. The quantitative estimate of drug-likeness (QED) is 0.868. The van der Waals surface area contributed by atoms with Crippen molar-refractivity contribution in [3.63, 3.8) is 0 Å². The van der Waals surface area contributed by atoms with Crippen LogP contribution in [0.5, 0.6) is 5.75 Å². The second kappa shape index (κ2) is 5.42. The van der Waals surface area contributed by atoms with Crippen LogP contribution in [-0.4, -0.2) is 19.1 Å². The van der Waals surface area contributed by atoms with Crippen LogP contribution in [0, 0.1) is 0 Å². The SMILES string of the molecule is COc1ccc(CC(=O)NC2CC2)cc1C(C)C. The first kappa shape index (κ1) is 12.9. The normalized spacial score (nSPS) is 14.7. The summed E-state index contributed by atoms with van der Waals surface area (Å²) in [5.41, 5.74) is 2.21. The Morgan fingerprint density at radius 2 is 2.17 bits per heavy atom. The fourth-order valence-electron chi connectivity index (χ4n) is 2.04. The Labute approximate surface area is 109 Å². The van der Waals surface area contributed by atoms with E-state index in [1.165, 1.54) is 0 Å². The highest BCUT2D eigenvalue weighted by Gasteiger charge is 2.23. The molecule has 1 saturated carbocycles. The molecule has 0 aromatic heterocycles. The molecule has 0 unspecified atom stereocenters. The first-order valence-electron chi connectivity index (χ1n) is 6.56. The largest absolute Gasteiger partial charge is 0.496 e. The first-order chi connectivity index (χ1) is 8.60. The summed E-state index contributed by atoms with van der Waals surface area (Å²) in [7, 11) is 1.68. The number of methoxy groups -OCH3 is 1. The maximum absolute atomic E-state index is 11.8. The monoisotopic (exact) mass is 247 g/mol. The number of benzene rings is 1. The molecule has 3 heteroatoms. The molecule has 2 rings (SSSR count). The minimum atomic E-state index is 0.123. The van der Waals surface area contributed by atoms with E-state index in [1.807, 2.05) is 12.1 Å². The topological polar surface area (TPSA) is 38.3 Å². The van der Waals surface area contributed by atoms with E-state index in [2.05, 4.69) is 25.2 Å². The van der Waals surface area contributed by atoms with Gasteiger partial charge in [0.1, 0.15) is 5.75 Å². The molecule has 0 heterocycles. The van der Waals surface area contributed by atoms with E-state index in [-0.39, 0.29) is 5.91 Å². The van der Waals surface area contributed by atoms with Crippen LogP contribution in [0.25, 0.3) is 0 Å². The molecule has 1 N–H and O–H groups in total. The molecule has 0 bridgehead atoms. The molecule has 1 aliphatic carbocycles. The number of carbonyl (C=O) groups is 1. The van der Waals surface area contributed by atoms with Crippen molar-refractivity contribution >= 4 is 5.91 Å². The highest BCUT2D eigenvalue weighted by Crippen LogP contribution is 2.27. The highest BCUT2D eigenvalue weighted by molar-refractivity contribution is 5.79. The lowest BCUT2D eigenvalue weighted by molar-refractivity contribution is -0.120. The lowest BCUT2D eigenvalue weighted by Crippen LogP contribution is -2.27. The molecule has 1 aliphatic rings. The summed E-state index contributed by atoms with van der Waals surface area (Å²) in [6, 6.07) is 6.43. The van der Waals surface area contributed by atoms with Crippen LogP contribution in [0.15, 0.2) is 18.2 Å². The van der Waals surface area contributed by atoms with Crippen molar-refractivity contribution in [3.8, 4) is 5.75 Å². The zero-order chi connectivity index (χ0) is 13.1. The summed E-state index contributed by atoms with van der Waals surface area (Å²) in [5.74, 6) is 1.42. The zero-order valence-electron chi connectivity index (χ0n) is 11.3. The van der Waals surface area contributed by atoms with Gasteiger partial charge in [-0.15, -0.1) is 0 Å². The molecule has 1 amide bonds. The third-order valence-corrected chi connectivity index (χ3v) is 3.22. The second-order valence-corrected chi connectivity index (χ2v) is 5.25. The highest BCUT2D eigenvalue weighted by atomic mass is 16.5. The fraction of sp³-hybridized carbons (Fsp3) is 0.533. The van der Waals surface area contributed by atoms with Crippen molar-refractivity contribution in [2.75, 3.05) is 7.11 Å². The summed E-state index contributed by atoms with van der Waals surface area (Å²) in [5, 5.41) is 3.01. The molecule has 0 saturated heterocycles. The maximum Gasteiger partial charge on any atom is 0.224 e. The van der Waals surface area contributed by atoms with E-state index in [0.29, 0.717) is 18.4 Å². The molecular formula is C15H21NO2. The Bertz CT molecular complexity index is 436. The Morgan fingerprint density at radius 1 is 1.44 bits per heavy atom. The van der Waals surface area contributed by atoms with Crippen molar-refractivity contribution in [2.45, 2.75) is 45.1 Å². The third-order valence-electron chi connectivity index (χ3n) is 3.22. The van der Waals surface area contributed by atoms with Crippen molar-refractivity contribution in [1.29, 1.82) is 0 Å². The van der Waals surface area contributed by atoms with E-state index in [9.17, 15) is 4.79 Å². The van der Waals surface area contributed by atoms with Gasteiger partial charge < -0.3 is 10.1 Å². The van der Waals surface area contributed by atoms with Crippen molar-refractivity contribution < 1.29 is 9.53 Å². The van der Waals surface area contributed by atoms with Crippen LogP contribution in [0.4, 0.5) is 0 Å². The third kappa shape index (κ3) is 3.25. The lowest BCUT2D eigenvalue weighted by Gasteiger charge is -2.13. The number of nitrogens with one attached hydrogen (secondary N) is 1. The van der Waals surface area contributed by atoms with Gasteiger partial charge in [-0.3, -0.25) is 4.79 Å². The molecule has 0 radical (unpaired) electrons. The lowest BCUT2D eigenvalue weighted by atomic mass is 9.98.